The lowest BCUT2D eigenvalue weighted by atomic mass is 10.1. The van der Waals surface area contributed by atoms with Crippen molar-refractivity contribution in [1.82, 2.24) is 5.32 Å². The van der Waals surface area contributed by atoms with Gasteiger partial charge >= 0.3 is 0 Å². The summed E-state index contributed by atoms with van der Waals surface area (Å²) in [5.41, 5.74) is 2.55. The maximum atomic E-state index is 13.7. The minimum absolute atomic E-state index is 0.175. The highest BCUT2D eigenvalue weighted by Gasteiger charge is 2.13. The molecule has 3 nitrogen and oxygen atoms in total. The average molecular weight is 513 g/mol. The zero-order chi connectivity index (χ0) is 21.5. The molecular weight excluding hydrogens is 492 g/mol. The van der Waals surface area contributed by atoms with E-state index in [-0.39, 0.29) is 12.4 Å². The maximum absolute atomic E-state index is 13.7. The number of hydrogen-bond acceptors (Lipinski definition) is 3. The Hall–Kier alpha value is -1.79. The fourth-order valence-electron chi connectivity index (χ4n) is 2.96. The van der Waals surface area contributed by atoms with Crippen LogP contribution in [0.3, 0.4) is 0 Å². The zero-order valence-electron chi connectivity index (χ0n) is 16.4. The first-order valence-corrected chi connectivity index (χ1v) is 10.9. The number of ether oxygens (including phenoxy) is 2. The van der Waals surface area contributed by atoms with Crippen LogP contribution in [0.15, 0.2) is 59.1 Å². The number of halogens is 4. The van der Waals surface area contributed by atoms with E-state index in [1.54, 1.807) is 31.4 Å². The molecule has 3 aromatic rings. The molecule has 0 amide bonds. The Morgan fingerprint density at radius 2 is 1.83 bits per heavy atom. The van der Waals surface area contributed by atoms with E-state index in [4.69, 9.17) is 32.7 Å². The third-order valence-corrected chi connectivity index (χ3v) is 5.71. The second-order valence-electron chi connectivity index (χ2n) is 6.65. The fourth-order valence-corrected chi connectivity index (χ4v) is 4.03. The number of methoxy groups -OCH3 is 1. The molecule has 1 N–H and O–H groups in total. The summed E-state index contributed by atoms with van der Waals surface area (Å²) in [6, 6.07) is 16.0. The van der Waals surface area contributed by atoms with Crippen LogP contribution in [-0.2, 0) is 19.6 Å². The molecule has 7 heteroatoms. The second-order valence-corrected chi connectivity index (χ2v) is 8.35. The molecular formula is C23H21BrCl2FNO2. The molecule has 30 heavy (non-hydrogen) atoms. The molecule has 0 radical (unpaired) electrons. The molecule has 0 aliphatic carbocycles. The van der Waals surface area contributed by atoms with Crippen molar-refractivity contribution in [2.45, 2.75) is 19.6 Å². The topological polar surface area (TPSA) is 30.5 Å². The summed E-state index contributed by atoms with van der Waals surface area (Å²) in [5, 5.41) is 4.46. The summed E-state index contributed by atoms with van der Waals surface area (Å²) < 4.78 is 25.9. The molecule has 0 atom stereocenters. The Balaban J connectivity index is 1.61. The molecule has 3 aromatic carbocycles. The average Bonchev–Trinajstić information content (AvgIpc) is 2.72. The second kappa shape index (κ2) is 11.0. The van der Waals surface area contributed by atoms with E-state index < -0.39 is 0 Å². The maximum Gasteiger partial charge on any atom is 0.175 e. The van der Waals surface area contributed by atoms with Gasteiger partial charge in [0.25, 0.3) is 0 Å². The van der Waals surface area contributed by atoms with Crippen molar-refractivity contribution < 1.29 is 13.9 Å². The minimum atomic E-state index is -0.175. The standard InChI is InChI=1S/C23H21BrCl2FNO2/c1-29-22-11-15(13-28-9-8-16-4-2-3-5-21(16)27)10-19(24)23(22)30-14-17-6-7-18(25)12-20(17)26/h2-7,10-12,28H,8-9,13-14H2,1H3. The third-order valence-electron chi connectivity index (χ3n) is 4.53. The highest BCUT2D eigenvalue weighted by atomic mass is 79.9. The minimum Gasteiger partial charge on any atom is -0.493 e. The van der Waals surface area contributed by atoms with Gasteiger partial charge in [0.2, 0.25) is 0 Å². The van der Waals surface area contributed by atoms with Crippen molar-refractivity contribution >= 4 is 39.1 Å². The van der Waals surface area contributed by atoms with E-state index in [1.807, 2.05) is 24.3 Å². The smallest absolute Gasteiger partial charge is 0.175 e. The van der Waals surface area contributed by atoms with Crippen LogP contribution in [0, 0.1) is 5.82 Å². The molecule has 3 rings (SSSR count). The van der Waals surface area contributed by atoms with Gasteiger partial charge < -0.3 is 14.8 Å². The van der Waals surface area contributed by atoms with Gasteiger partial charge in [-0.15, -0.1) is 0 Å². The van der Waals surface area contributed by atoms with Crippen molar-refractivity contribution in [2.75, 3.05) is 13.7 Å². The van der Waals surface area contributed by atoms with Crippen LogP contribution in [-0.4, -0.2) is 13.7 Å². The molecule has 0 saturated carbocycles. The molecule has 0 aliphatic rings. The quantitative estimate of drug-likeness (QED) is 0.319. The van der Waals surface area contributed by atoms with E-state index in [2.05, 4.69) is 21.2 Å². The van der Waals surface area contributed by atoms with Gasteiger partial charge in [-0.2, -0.15) is 0 Å². The molecule has 0 spiro atoms. The Labute approximate surface area is 194 Å². The number of benzene rings is 3. The summed E-state index contributed by atoms with van der Waals surface area (Å²) >= 11 is 15.7. The third kappa shape index (κ3) is 6.11. The van der Waals surface area contributed by atoms with Gasteiger partial charge in [-0.3, -0.25) is 0 Å². The highest BCUT2D eigenvalue weighted by Crippen LogP contribution is 2.37. The Morgan fingerprint density at radius 1 is 1.03 bits per heavy atom. The van der Waals surface area contributed by atoms with Gasteiger partial charge in [-0.25, -0.2) is 4.39 Å². The summed E-state index contributed by atoms with van der Waals surface area (Å²) in [5.74, 6) is 1.03. The van der Waals surface area contributed by atoms with Gasteiger partial charge in [-0.05, 0) is 70.4 Å². The lowest BCUT2D eigenvalue weighted by Gasteiger charge is -2.15. The first-order chi connectivity index (χ1) is 14.5. The van der Waals surface area contributed by atoms with Crippen molar-refractivity contribution in [2.24, 2.45) is 0 Å². The summed E-state index contributed by atoms with van der Waals surface area (Å²) in [4.78, 5) is 0. The van der Waals surface area contributed by atoms with Gasteiger partial charge in [0.1, 0.15) is 12.4 Å². The molecule has 158 valence electrons. The lowest BCUT2D eigenvalue weighted by Crippen LogP contribution is -2.17. The normalized spacial score (nSPS) is 10.8. The van der Waals surface area contributed by atoms with E-state index in [9.17, 15) is 4.39 Å². The van der Waals surface area contributed by atoms with Crippen LogP contribution < -0.4 is 14.8 Å². The first-order valence-electron chi connectivity index (χ1n) is 9.35. The number of rotatable bonds is 9. The van der Waals surface area contributed by atoms with Crippen LogP contribution in [0.2, 0.25) is 10.0 Å². The van der Waals surface area contributed by atoms with Gasteiger partial charge in [0.15, 0.2) is 11.5 Å². The predicted octanol–water partition coefficient (Wildman–Crippen LogP) is 6.81. The largest absolute Gasteiger partial charge is 0.493 e. The Kier molecular flexibility index (Phi) is 8.40. The van der Waals surface area contributed by atoms with E-state index in [0.717, 1.165) is 15.6 Å². The van der Waals surface area contributed by atoms with E-state index in [1.165, 1.54) is 6.07 Å². The molecule has 0 aliphatic heterocycles. The SMILES string of the molecule is COc1cc(CNCCc2ccccc2F)cc(Br)c1OCc1ccc(Cl)cc1Cl. The van der Waals surface area contributed by atoms with Crippen molar-refractivity contribution in [3.05, 3.63) is 91.6 Å². The van der Waals surface area contributed by atoms with Gasteiger partial charge in [-0.1, -0.05) is 47.5 Å². The molecule has 0 saturated heterocycles. The van der Waals surface area contributed by atoms with Crippen molar-refractivity contribution in [3.8, 4) is 11.5 Å². The molecule has 0 heterocycles. The fraction of sp³-hybridized carbons (Fsp3) is 0.217. The molecule has 0 fully saturated rings. The van der Waals surface area contributed by atoms with Crippen LogP contribution in [0.1, 0.15) is 16.7 Å². The van der Waals surface area contributed by atoms with Gasteiger partial charge in [0, 0.05) is 22.2 Å². The van der Waals surface area contributed by atoms with Crippen LogP contribution >= 0.6 is 39.1 Å². The van der Waals surface area contributed by atoms with Gasteiger partial charge in [0.05, 0.1) is 11.6 Å². The molecule has 0 aromatic heterocycles. The number of nitrogens with one attached hydrogen (secondary N) is 1. The Bertz CT molecular complexity index is 1020. The number of hydrogen-bond donors (Lipinski definition) is 1. The first kappa shape index (κ1) is 22.9. The lowest BCUT2D eigenvalue weighted by molar-refractivity contribution is 0.282. The Morgan fingerprint density at radius 3 is 2.57 bits per heavy atom. The van der Waals surface area contributed by atoms with E-state index in [0.29, 0.717) is 46.6 Å². The summed E-state index contributed by atoms with van der Waals surface area (Å²) in [6.07, 6.45) is 0.619. The van der Waals surface area contributed by atoms with Crippen LogP contribution in [0.25, 0.3) is 0 Å². The predicted molar refractivity (Wildman–Crippen MR) is 123 cm³/mol. The highest BCUT2D eigenvalue weighted by molar-refractivity contribution is 9.10. The summed E-state index contributed by atoms with van der Waals surface area (Å²) in [7, 11) is 1.60. The molecule has 0 unspecified atom stereocenters. The summed E-state index contributed by atoms with van der Waals surface area (Å²) in [6.45, 7) is 1.56. The molecule has 0 bridgehead atoms. The van der Waals surface area contributed by atoms with Crippen molar-refractivity contribution in [1.29, 1.82) is 0 Å². The van der Waals surface area contributed by atoms with Crippen LogP contribution in [0.5, 0.6) is 11.5 Å². The van der Waals surface area contributed by atoms with E-state index >= 15 is 0 Å². The monoisotopic (exact) mass is 511 g/mol. The van der Waals surface area contributed by atoms with Crippen LogP contribution in [0.4, 0.5) is 4.39 Å². The zero-order valence-corrected chi connectivity index (χ0v) is 19.5. The van der Waals surface area contributed by atoms with Crippen molar-refractivity contribution in [3.63, 3.8) is 0 Å².